The molecule has 12 heavy (non-hydrogen) atoms. The average Bonchev–Trinajstić information content (AvgIpc) is 2.68. The number of amides is 1. The third-order valence-electron chi connectivity index (χ3n) is 2.14. The molecule has 4 nitrogen and oxygen atoms in total. The Bertz CT molecular complexity index is 176. The van der Waals surface area contributed by atoms with Gasteiger partial charge in [-0.25, -0.2) is 0 Å². The molecule has 2 N–H and O–H groups in total. The quantitative estimate of drug-likeness (QED) is 0.584. The standard InChI is InChI=1S/C8H14N2O2/c11-8(10-6-1-2-6)5-12-7-3-9-4-7/h6-7,9H,1-5H2,(H,10,11). The lowest BCUT2D eigenvalue weighted by Crippen LogP contribution is -2.49. The molecule has 1 saturated carbocycles. The monoisotopic (exact) mass is 170 g/mol. The number of hydrogen-bond acceptors (Lipinski definition) is 3. The van der Waals surface area contributed by atoms with E-state index in [1.807, 2.05) is 0 Å². The first-order valence-corrected chi connectivity index (χ1v) is 4.46. The molecule has 0 atom stereocenters. The van der Waals surface area contributed by atoms with E-state index >= 15 is 0 Å². The zero-order chi connectivity index (χ0) is 8.39. The van der Waals surface area contributed by atoms with Crippen LogP contribution < -0.4 is 10.6 Å². The van der Waals surface area contributed by atoms with Gasteiger partial charge >= 0.3 is 0 Å². The van der Waals surface area contributed by atoms with Gasteiger partial charge in [-0.05, 0) is 12.8 Å². The van der Waals surface area contributed by atoms with Crippen molar-refractivity contribution in [1.29, 1.82) is 0 Å². The molecule has 1 aliphatic carbocycles. The maximum atomic E-state index is 11.1. The summed E-state index contributed by atoms with van der Waals surface area (Å²) in [6.45, 7) is 2.00. The maximum Gasteiger partial charge on any atom is 0.246 e. The number of carbonyl (C=O) groups is 1. The second kappa shape index (κ2) is 3.41. The van der Waals surface area contributed by atoms with Crippen molar-refractivity contribution in [1.82, 2.24) is 10.6 Å². The van der Waals surface area contributed by atoms with Gasteiger partial charge in [-0.1, -0.05) is 0 Å². The van der Waals surface area contributed by atoms with Crippen LogP contribution in [-0.2, 0) is 9.53 Å². The van der Waals surface area contributed by atoms with Gasteiger partial charge in [0.15, 0.2) is 0 Å². The Morgan fingerprint density at radius 1 is 1.50 bits per heavy atom. The molecule has 4 heteroatoms. The topological polar surface area (TPSA) is 50.4 Å². The van der Waals surface area contributed by atoms with Crippen molar-refractivity contribution in [3.63, 3.8) is 0 Å². The van der Waals surface area contributed by atoms with Crippen LogP contribution in [-0.4, -0.2) is 37.7 Å². The second-order valence-electron chi connectivity index (χ2n) is 3.43. The van der Waals surface area contributed by atoms with Gasteiger partial charge in [-0.15, -0.1) is 0 Å². The van der Waals surface area contributed by atoms with Gasteiger partial charge in [0.25, 0.3) is 0 Å². The molecule has 2 rings (SSSR count). The summed E-state index contributed by atoms with van der Waals surface area (Å²) in [4.78, 5) is 11.1. The van der Waals surface area contributed by atoms with Gasteiger partial charge in [0.2, 0.25) is 5.91 Å². The summed E-state index contributed by atoms with van der Waals surface area (Å²) in [5.41, 5.74) is 0. The van der Waals surface area contributed by atoms with E-state index in [0.717, 1.165) is 25.9 Å². The molecule has 0 bridgehead atoms. The van der Waals surface area contributed by atoms with Crippen LogP contribution in [0.25, 0.3) is 0 Å². The highest BCUT2D eigenvalue weighted by molar-refractivity contribution is 5.77. The molecule has 1 saturated heterocycles. The highest BCUT2D eigenvalue weighted by atomic mass is 16.5. The number of ether oxygens (including phenoxy) is 1. The fourth-order valence-corrected chi connectivity index (χ4v) is 1.07. The van der Waals surface area contributed by atoms with Crippen molar-refractivity contribution >= 4 is 5.91 Å². The molecule has 1 heterocycles. The molecular weight excluding hydrogens is 156 g/mol. The van der Waals surface area contributed by atoms with Crippen LogP contribution in [0.3, 0.4) is 0 Å². The lowest BCUT2D eigenvalue weighted by atomic mass is 10.2. The minimum atomic E-state index is 0.0319. The summed E-state index contributed by atoms with van der Waals surface area (Å²) in [7, 11) is 0. The number of nitrogens with one attached hydrogen (secondary N) is 2. The first-order chi connectivity index (χ1) is 5.84. The highest BCUT2D eigenvalue weighted by Gasteiger charge is 2.24. The normalized spacial score (nSPS) is 23.3. The van der Waals surface area contributed by atoms with Gasteiger partial charge < -0.3 is 15.4 Å². The van der Waals surface area contributed by atoms with Crippen molar-refractivity contribution in [2.45, 2.75) is 25.0 Å². The minimum Gasteiger partial charge on any atom is -0.366 e. The highest BCUT2D eigenvalue weighted by Crippen LogP contribution is 2.18. The average molecular weight is 170 g/mol. The van der Waals surface area contributed by atoms with E-state index in [1.165, 1.54) is 0 Å². The predicted molar refractivity (Wildman–Crippen MR) is 43.8 cm³/mol. The fraction of sp³-hybridized carbons (Fsp3) is 0.875. The van der Waals surface area contributed by atoms with E-state index in [9.17, 15) is 4.79 Å². The van der Waals surface area contributed by atoms with Gasteiger partial charge in [-0.3, -0.25) is 4.79 Å². The van der Waals surface area contributed by atoms with Gasteiger partial charge in [-0.2, -0.15) is 0 Å². The third kappa shape index (κ3) is 2.19. The van der Waals surface area contributed by atoms with Crippen LogP contribution in [0.1, 0.15) is 12.8 Å². The summed E-state index contributed by atoms with van der Waals surface area (Å²) >= 11 is 0. The van der Waals surface area contributed by atoms with Crippen LogP contribution >= 0.6 is 0 Å². The Balaban J connectivity index is 1.55. The Morgan fingerprint density at radius 2 is 2.25 bits per heavy atom. The zero-order valence-electron chi connectivity index (χ0n) is 7.01. The van der Waals surface area contributed by atoms with Crippen molar-refractivity contribution in [2.24, 2.45) is 0 Å². The summed E-state index contributed by atoms with van der Waals surface area (Å²) in [6.07, 6.45) is 2.53. The largest absolute Gasteiger partial charge is 0.366 e. The predicted octanol–water partition coefficient (Wildman–Crippen LogP) is -0.747. The number of rotatable bonds is 4. The lowest BCUT2D eigenvalue weighted by Gasteiger charge is -2.26. The van der Waals surface area contributed by atoms with Crippen LogP contribution in [0.15, 0.2) is 0 Å². The molecule has 0 aromatic heterocycles. The van der Waals surface area contributed by atoms with E-state index in [0.29, 0.717) is 6.04 Å². The van der Waals surface area contributed by atoms with Gasteiger partial charge in [0, 0.05) is 19.1 Å². The molecule has 2 fully saturated rings. The first-order valence-electron chi connectivity index (χ1n) is 4.46. The van der Waals surface area contributed by atoms with Crippen LogP contribution in [0, 0.1) is 0 Å². The molecule has 0 unspecified atom stereocenters. The molecule has 0 spiro atoms. The Kier molecular flexibility index (Phi) is 2.28. The SMILES string of the molecule is O=C(COC1CNC1)NC1CC1. The Hall–Kier alpha value is -0.610. The molecule has 1 aliphatic heterocycles. The van der Waals surface area contributed by atoms with E-state index in [4.69, 9.17) is 4.74 Å². The van der Waals surface area contributed by atoms with Crippen molar-refractivity contribution in [3.05, 3.63) is 0 Å². The van der Waals surface area contributed by atoms with Crippen LogP contribution in [0.2, 0.25) is 0 Å². The first kappa shape index (κ1) is 8.01. The summed E-state index contributed by atoms with van der Waals surface area (Å²) in [5, 5.41) is 5.95. The van der Waals surface area contributed by atoms with E-state index in [2.05, 4.69) is 10.6 Å². The van der Waals surface area contributed by atoms with Crippen molar-refractivity contribution < 1.29 is 9.53 Å². The maximum absolute atomic E-state index is 11.1. The zero-order valence-corrected chi connectivity index (χ0v) is 7.01. The lowest BCUT2D eigenvalue weighted by molar-refractivity contribution is -0.128. The number of carbonyl (C=O) groups excluding carboxylic acids is 1. The van der Waals surface area contributed by atoms with Crippen LogP contribution in [0.4, 0.5) is 0 Å². The smallest absolute Gasteiger partial charge is 0.246 e. The second-order valence-corrected chi connectivity index (χ2v) is 3.43. The van der Waals surface area contributed by atoms with Gasteiger partial charge in [0.05, 0.1) is 6.10 Å². The van der Waals surface area contributed by atoms with E-state index in [1.54, 1.807) is 0 Å². The van der Waals surface area contributed by atoms with Crippen molar-refractivity contribution in [3.8, 4) is 0 Å². The van der Waals surface area contributed by atoms with Gasteiger partial charge in [0.1, 0.15) is 6.61 Å². The molecule has 68 valence electrons. The molecule has 0 radical (unpaired) electrons. The summed E-state index contributed by atoms with van der Waals surface area (Å²) < 4.78 is 5.29. The molecular formula is C8H14N2O2. The molecule has 0 aromatic carbocycles. The fourth-order valence-electron chi connectivity index (χ4n) is 1.07. The summed E-state index contributed by atoms with van der Waals surface area (Å²) in [5.74, 6) is 0.0319. The number of hydrogen-bond donors (Lipinski definition) is 2. The third-order valence-corrected chi connectivity index (χ3v) is 2.14. The van der Waals surface area contributed by atoms with E-state index < -0.39 is 0 Å². The molecule has 2 aliphatic rings. The minimum absolute atomic E-state index is 0.0319. The molecule has 1 amide bonds. The Morgan fingerprint density at radius 3 is 2.75 bits per heavy atom. The Labute approximate surface area is 71.7 Å². The van der Waals surface area contributed by atoms with Crippen LogP contribution in [0.5, 0.6) is 0 Å². The van der Waals surface area contributed by atoms with E-state index in [-0.39, 0.29) is 18.6 Å². The molecule has 0 aromatic rings. The van der Waals surface area contributed by atoms with Crippen molar-refractivity contribution in [2.75, 3.05) is 19.7 Å². The summed E-state index contributed by atoms with van der Waals surface area (Å²) in [6, 6.07) is 0.445.